The van der Waals surface area contributed by atoms with Gasteiger partial charge in [0, 0.05) is 19.1 Å². The van der Waals surface area contributed by atoms with Gasteiger partial charge in [0.2, 0.25) is 0 Å². The molecule has 1 N–H and O–H groups in total. The third-order valence-corrected chi connectivity index (χ3v) is 4.89. The number of nitrogens with one attached hydrogen (secondary N) is 1. The van der Waals surface area contributed by atoms with E-state index in [0.717, 1.165) is 12.0 Å². The van der Waals surface area contributed by atoms with Gasteiger partial charge in [-0.15, -0.1) is 0 Å². The van der Waals surface area contributed by atoms with Gasteiger partial charge in [0.15, 0.2) is 0 Å². The van der Waals surface area contributed by atoms with E-state index in [9.17, 15) is 0 Å². The zero-order valence-corrected chi connectivity index (χ0v) is 13.3. The van der Waals surface area contributed by atoms with Gasteiger partial charge in [-0.3, -0.25) is 0 Å². The van der Waals surface area contributed by atoms with Gasteiger partial charge in [-0.2, -0.15) is 0 Å². The number of nitrogens with zero attached hydrogens (tertiary/aromatic N) is 1. The summed E-state index contributed by atoms with van der Waals surface area (Å²) in [6.07, 6.45) is 9.59. The quantitative estimate of drug-likeness (QED) is 0.699. The van der Waals surface area contributed by atoms with E-state index in [1.807, 2.05) is 0 Å². The van der Waals surface area contributed by atoms with Gasteiger partial charge in [-0.05, 0) is 69.5 Å². The van der Waals surface area contributed by atoms with E-state index < -0.39 is 0 Å². The van der Waals surface area contributed by atoms with Crippen LogP contribution in [0.15, 0.2) is 30.3 Å². The van der Waals surface area contributed by atoms with Gasteiger partial charge in [0.1, 0.15) is 0 Å². The number of hydrogen-bond donors (Lipinski definition) is 1. The summed E-state index contributed by atoms with van der Waals surface area (Å²) < 4.78 is 0. The van der Waals surface area contributed by atoms with E-state index in [1.54, 1.807) is 0 Å². The lowest BCUT2D eigenvalue weighted by Gasteiger charge is -2.25. The zero-order valence-electron chi connectivity index (χ0n) is 13.3. The third-order valence-electron chi connectivity index (χ3n) is 4.89. The lowest BCUT2D eigenvalue weighted by atomic mass is 10.1. The minimum Gasteiger partial charge on any atom is -0.313 e. The van der Waals surface area contributed by atoms with E-state index in [1.165, 1.54) is 76.7 Å². The van der Waals surface area contributed by atoms with Crippen molar-refractivity contribution in [2.45, 2.75) is 51.0 Å². The molecule has 1 aromatic rings. The molecular weight excluding hydrogens is 256 g/mol. The summed E-state index contributed by atoms with van der Waals surface area (Å²) in [7, 11) is 0. The Balaban J connectivity index is 1.36. The Hall–Kier alpha value is -0.860. The molecule has 1 unspecified atom stereocenters. The molecule has 1 heterocycles. The van der Waals surface area contributed by atoms with Crippen LogP contribution in [0.2, 0.25) is 0 Å². The number of rotatable bonds is 9. The lowest BCUT2D eigenvalue weighted by molar-refractivity contribution is 0.235. The van der Waals surface area contributed by atoms with Crippen molar-refractivity contribution >= 4 is 0 Å². The molecule has 2 nitrogen and oxygen atoms in total. The van der Waals surface area contributed by atoms with Crippen LogP contribution in [0.3, 0.4) is 0 Å². The van der Waals surface area contributed by atoms with Crippen LogP contribution in [0.25, 0.3) is 0 Å². The van der Waals surface area contributed by atoms with Crippen molar-refractivity contribution in [2.75, 3.05) is 26.2 Å². The van der Waals surface area contributed by atoms with Crippen LogP contribution in [-0.4, -0.2) is 37.1 Å². The van der Waals surface area contributed by atoms with Crippen molar-refractivity contribution in [3.05, 3.63) is 35.9 Å². The lowest BCUT2D eigenvalue weighted by Crippen LogP contribution is -2.39. The largest absolute Gasteiger partial charge is 0.313 e. The maximum Gasteiger partial charge on any atom is 0.0195 e. The summed E-state index contributed by atoms with van der Waals surface area (Å²) in [6, 6.07) is 11.7. The molecule has 0 amide bonds. The summed E-state index contributed by atoms with van der Waals surface area (Å²) in [4.78, 5) is 2.74. The highest BCUT2D eigenvalue weighted by molar-refractivity contribution is 5.14. The first-order valence-corrected chi connectivity index (χ1v) is 8.90. The molecule has 1 atom stereocenters. The van der Waals surface area contributed by atoms with Crippen molar-refractivity contribution in [1.82, 2.24) is 10.2 Å². The molecule has 1 saturated carbocycles. The number of unbranched alkanes of at least 4 members (excludes halogenated alkanes) is 1. The van der Waals surface area contributed by atoms with Crippen LogP contribution in [0.1, 0.15) is 44.1 Å². The predicted octanol–water partition coefficient (Wildman–Crippen LogP) is 3.47. The molecule has 116 valence electrons. The molecule has 2 aliphatic rings. The normalized spacial score (nSPS) is 22.0. The average molecular weight is 286 g/mol. The van der Waals surface area contributed by atoms with Gasteiger partial charge in [-0.25, -0.2) is 0 Å². The maximum absolute atomic E-state index is 3.66. The molecule has 1 aliphatic carbocycles. The fourth-order valence-electron chi connectivity index (χ4n) is 3.46. The maximum atomic E-state index is 3.66. The second kappa shape index (κ2) is 7.95. The number of aryl methyl sites for hydroxylation is 1. The monoisotopic (exact) mass is 286 g/mol. The minimum absolute atomic E-state index is 0.762. The van der Waals surface area contributed by atoms with E-state index in [4.69, 9.17) is 0 Å². The minimum atomic E-state index is 0.762. The Morgan fingerprint density at radius 3 is 2.57 bits per heavy atom. The van der Waals surface area contributed by atoms with Crippen LogP contribution in [0.4, 0.5) is 0 Å². The Morgan fingerprint density at radius 1 is 1.00 bits per heavy atom. The first-order chi connectivity index (χ1) is 10.4. The molecule has 1 saturated heterocycles. The molecule has 0 spiro atoms. The second-order valence-corrected chi connectivity index (χ2v) is 6.94. The second-order valence-electron chi connectivity index (χ2n) is 6.94. The highest BCUT2D eigenvalue weighted by Crippen LogP contribution is 2.30. The SMILES string of the molecule is c1ccc(CCCCN(CC2CC2)CC2CCCN2)cc1. The molecule has 0 aromatic heterocycles. The van der Waals surface area contributed by atoms with Crippen molar-refractivity contribution in [3.8, 4) is 0 Å². The average Bonchev–Trinajstić information content (AvgIpc) is 3.18. The molecule has 21 heavy (non-hydrogen) atoms. The van der Waals surface area contributed by atoms with Crippen molar-refractivity contribution in [2.24, 2.45) is 5.92 Å². The van der Waals surface area contributed by atoms with Crippen molar-refractivity contribution < 1.29 is 0 Å². The molecule has 2 heteroatoms. The fraction of sp³-hybridized carbons (Fsp3) is 0.684. The molecule has 1 aromatic carbocycles. The molecule has 0 radical (unpaired) electrons. The van der Waals surface area contributed by atoms with Crippen LogP contribution in [0.5, 0.6) is 0 Å². The number of benzene rings is 1. The topological polar surface area (TPSA) is 15.3 Å². The van der Waals surface area contributed by atoms with Gasteiger partial charge < -0.3 is 10.2 Å². The molecule has 1 aliphatic heterocycles. The number of hydrogen-bond acceptors (Lipinski definition) is 2. The summed E-state index contributed by atoms with van der Waals surface area (Å²) in [5.41, 5.74) is 1.49. The highest BCUT2D eigenvalue weighted by Gasteiger charge is 2.26. The Labute approximate surface area is 129 Å². The van der Waals surface area contributed by atoms with Gasteiger partial charge >= 0.3 is 0 Å². The van der Waals surface area contributed by atoms with Gasteiger partial charge in [0.25, 0.3) is 0 Å². The van der Waals surface area contributed by atoms with E-state index >= 15 is 0 Å². The van der Waals surface area contributed by atoms with Crippen molar-refractivity contribution in [1.29, 1.82) is 0 Å². The van der Waals surface area contributed by atoms with Crippen molar-refractivity contribution in [3.63, 3.8) is 0 Å². The molecular formula is C19H30N2. The fourth-order valence-corrected chi connectivity index (χ4v) is 3.46. The molecule has 2 fully saturated rings. The standard InChI is InChI=1S/C19H30N2/c1-2-7-17(8-3-1)9-4-5-14-21(15-18-11-12-18)16-19-10-6-13-20-19/h1-3,7-8,18-20H,4-6,9-16H2. The molecule has 3 rings (SSSR count). The Bertz CT molecular complexity index is 393. The van der Waals surface area contributed by atoms with E-state index in [0.29, 0.717) is 0 Å². The summed E-state index contributed by atoms with van der Waals surface area (Å²) >= 11 is 0. The summed E-state index contributed by atoms with van der Waals surface area (Å²) in [5.74, 6) is 1.01. The smallest absolute Gasteiger partial charge is 0.0195 e. The Morgan fingerprint density at radius 2 is 1.86 bits per heavy atom. The predicted molar refractivity (Wildman–Crippen MR) is 89.6 cm³/mol. The Kier molecular flexibility index (Phi) is 5.70. The van der Waals surface area contributed by atoms with Crippen LogP contribution < -0.4 is 5.32 Å². The van der Waals surface area contributed by atoms with E-state index in [2.05, 4.69) is 40.5 Å². The van der Waals surface area contributed by atoms with Gasteiger partial charge in [-0.1, -0.05) is 30.3 Å². The third kappa shape index (κ3) is 5.44. The van der Waals surface area contributed by atoms with Crippen LogP contribution in [-0.2, 0) is 6.42 Å². The molecule has 0 bridgehead atoms. The van der Waals surface area contributed by atoms with Crippen LogP contribution >= 0.6 is 0 Å². The summed E-state index contributed by atoms with van der Waals surface area (Å²) in [6.45, 7) is 5.16. The van der Waals surface area contributed by atoms with E-state index in [-0.39, 0.29) is 0 Å². The summed E-state index contributed by atoms with van der Waals surface area (Å²) in [5, 5.41) is 3.66. The zero-order chi connectivity index (χ0) is 14.3. The van der Waals surface area contributed by atoms with Gasteiger partial charge in [0.05, 0.1) is 0 Å². The highest BCUT2D eigenvalue weighted by atomic mass is 15.2. The first kappa shape index (κ1) is 15.1. The van der Waals surface area contributed by atoms with Crippen LogP contribution in [0, 0.1) is 5.92 Å². The first-order valence-electron chi connectivity index (χ1n) is 8.90.